The van der Waals surface area contributed by atoms with Crippen molar-refractivity contribution in [3.8, 4) is 0 Å². The Kier molecular flexibility index (Phi) is 5.44. The topological polar surface area (TPSA) is 35.6 Å². The summed E-state index contributed by atoms with van der Waals surface area (Å²) in [4.78, 5) is 17.5. The second-order valence-electron chi connectivity index (χ2n) is 6.44. The molecule has 2 fully saturated rings. The number of rotatable bonds is 5. The van der Waals surface area contributed by atoms with E-state index in [0.29, 0.717) is 11.9 Å². The van der Waals surface area contributed by atoms with Gasteiger partial charge in [0.2, 0.25) is 5.91 Å². The minimum Gasteiger partial charge on any atom is -0.341 e. The maximum atomic E-state index is 13.0. The minimum atomic E-state index is -0.259. The summed E-state index contributed by atoms with van der Waals surface area (Å²) in [6.07, 6.45) is 6.44. The number of amides is 1. The number of piperidine rings is 1. The van der Waals surface area contributed by atoms with E-state index < -0.39 is 0 Å². The smallest absolute Gasteiger partial charge is 0.242 e. The van der Waals surface area contributed by atoms with E-state index in [4.69, 9.17) is 0 Å². The fourth-order valence-electron chi connectivity index (χ4n) is 3.86. The zero-order valence-corrected chi connectivity index (χ0v) is 13.5. The number of carbonyl (C=O) groups excluding carboxylic acids is 1. The molecule has 0 saturated carbocycles. The fourth-order valence-corrected chi connectivity index (χ4v) is 3.86. The van der Waals surface area contributed by atoms with Crippen LogP contribution >= 0.6 is 0 Å². The summed E-state index contributed by atoms with van der Waals surface area (Å²) in [6.45, 7) is 8.78. The van der Waals surface area contributed by atoms with Crippen molar-refractivity contribution in [3.05, 3.63) is 0 Å². The molecule has 116 valence electrons. The Hall–Kier alpha value is -0.610. The van der Waals surface area contributed by atoms with E-state index in [9.17, 15) is 4.79 Å². The number of nitrogens with zero attached hydrogens (tertiary/aromatic N) is 2. The van der Waals surface area contributed by atoms with Gasteiger partial charge in [-0.3, -0.25) is 4.79 Å². The van der Waals surface area contributed by atoms with Crippen molar-refractivity contribution in [1.82, 2.24) is 15.1 Å². The molecule has 4 nitrogen and oxygen atoms in total. The Morgan fingerprint density at radius 3 is 2.55 bits per heavy atom. The van der Waals surface area contributed by atoms with Gasteiger partial charge >= 0.3 is 0 Å². The third-order valence-corrected chi connectivity index (χ3v) is 5.20. The lowest BCUT2D eigenvalue weighted by Gasteiger charge is -2.40. The highest BCUT2D eigenvalue weighted by molar-refractivity contribution is 5.86. The van der Waals surface area contributed by atoms with E-state index in [2.05, 4.69) is 29.0 Å². The molecule has 0 bridgehead atoms. The van der Waals surface area contributed by atoms with Crippen LogP contribution in [0.15, 0.2) is 0 Å². The van der Waals surface area contributed by atoms with E-state index in [1.165, 1.54) is 0 Å². The Morgan fingerprint density at radius 1 is 1.35 bits per heavy atom. The van der Waals surface area contributed by atoms with E-state index in [1.807, 2.05) is 7.05 Å². The van der Waals surface area contributed by atoms with Crippen LogP contribution < -0.4 is 5.32 Å². The van der Waals surface area contributed by atoms with E-state index in [0.717, 1.165) is 64.7 Å². The summed E-state index contributed by atoms with van der Waals surface area (Å²) in [6, 6.07) is 0.432. The maximum absolute atomic E-state index is 13.0. The molecule has 1 N–H and O–H groups in total. The Balaban J connectivity index is 1.97. The average molecular weight is 281 g/mol. The van der Waals surface area contributed by atoms with Gasteiger partial charge in [-0.15, -0.1) is 0 Å². The molecule has 0 radical (unpaired) electrons. The van der Waals surface area contributed by atoms with Gasteiger partial charge in [0.05, 0.1) is 5.54 Å². The van der Waals surface area contributed by atoms with Crippen LogP contribution in [0, 0.1) is 0 Å². The van der Waals surface area contributed by atoms with Crippen molar-refractivity contribution in [2.45, 2.75) is 64.0 Å². The van der Waals surface area contributed by atoms with Crippen LogP contribution in [-0.4, -0.2) is 60.5 Å². The van der Waals surface area contributed by atoms with Crippen molar-refractivity contribution < 1.29 is 4.79 Å². The predicted molar refractivity (Wildman–Crippen MR) is 82.8 cm³/mol. The van der Waals surface area contributed by atoms with Crippen molar-refractivity contribution in [1.29, 1.82) is 0 Å². The SMILES string of the molecule is CCCC1(C(=O)N(C)C2CCN(CC)CC2)CCCN1. The highest BCUT2D eigenvalue weighted by Crippen LogP contribution is 2.28. The van der Waals surface area contributed by atoms with Gasteiger partial charge in [0, 0.05) is 26.2 Å². The lowest BCUT2D eigenvalue weighted by atomic mass is 9.89. The Morgan fingerprint density at radius 2 is 2.05 bits per heavy atom. The summed E-state index contributed by atoms with van der Waals surface area (Å²) >= 11 is 0. The number of hydrogen-bond acceptors (Lipinski definition) is 3. The molecular weight excluding hydrogens is 250 g/mol. The van der Waals surface area contributed by atoms with Crippen LogP contribution in [-0.2, 0) is 4.79 Å². The molecule has 2 heterocycles. The standard InChI is InChI=1S/C16H31N3O/c1-4-9-16(10-6-11-17-16)15(20)18(3)14-7-12-19(5-2)13-8-14/h14,17H,4-13H2,1-3H3. The van der Waals surface area contributed by atoms with Crippen molar-refractivity contribution in [2.24, 2.45) is 0 Å². The number of nitrogens with one attached hydrogen (secondary N) is 1. The molecule has 2 rings (SSSR count). The minimum absolute atomic E-state index is 0.259. The molecule has 0 aromatic rings. The predicted octanol–water partition coefficient (Wildman–Crippen LogP) is 1.85. The van der Waals surface area contributed by atoms with E-state index in [-0.39, 0.29) is 5.54 Å². The fraction of sp³-hybridized carbons (Fsp3) is 0.938. The van der Waals surface area contributed by atoms with Crippen molar-refractivity contribution in [2.75, 3.05) is 33.2 Å². The highest BCUT2D eigenvalue weighted by Gasteiger charge is 2.43. The molecule has 0 spiro atoms. The second kappa shape index (κ2) is 6.90. The van der Waals surface area contributed by atoms with Crippen molar-refractivity contribution >= 4 is 5.91 Å². The van der Waals surface area contributed by atoms with Crippen LogP contribution in [0.4, 0.5) is 0 Å². The molecule has 20 heavy (non-hydrogen) atoms. The molecular formula is C16H31N3O. The zero-order valence-electron chi connectivity index (χ0n) is 13.5. The first-order chi connectivity index (χ1) is 9.63. The first-order valence-electron chi connectivity index (χ1n) is 8.37. The number of likely N-dealkylation sites (N-methyl/N-ethyl adjacent to an activating group) is 1. The molecule has 1 amide bonds. The monoisotopic (exact) mass is 281 g/mol. The maximum Gasteiger partial charge on any atom is 0.242 e. The van der Waals surface area contributed by atoms with Gasteiger partial charge < -0.3 is 15.1 Å². The van der Waals surface area contributed by atoms with Gasteiger partial charge in [-0.05, 0) is 45.2 Å². The molecule has 2 aliphatic heterocycles. The summed E-state index contributed by atoms with van der Waals surface area (Å²) in [5.41, 5.74) is -0.259. The van der Waals surface area contributed by atoms with Gasteiger partial charge in [0.1, 0.15) is 0 Å². The van der Waals surface area contributed by atoms with Gasteiger partial charge in [-0.2, -0.15) is 0 Å². The number of hydrogen-bond donors (Lipinski definition) is 1. The van der Waals surface area contributed by atoms with Crippen LogP contribution in [0.2, 0.25) is 0 Å². The third-order valence-electron chi connectivity index (χ3n) is 5.20. The highest BCUT2D eigenvalue weighted by atomic mass is 16.2. The summed E-state index contributed by atoms with van der Waals surface area (Å²) in [5.74, 6) is 0.340. The normalized spacial score (nSPS) is 28.8. The van der Waals surface area contributed by atoms with Crippen LogP contribution in [0.3, 0.4) is 0 Å². The number of carbonyl (C=O) groups is 1. The Labute approximate surface area is 123 Å². The second-order valence-corrected chi connectivity index (χ2v) is 6.44. The van der Waals surface area contributed by atoms with Crippen molar-refractivity contribution in [3.63, 3.8) is 0 Å². The Bertz CT molecular complexity index is 318. The lowest BCUT2D eigenvalue weighted by Crippen LogP contribution is -2.57. The average Bonchev–Trinajstić information content (AvgIpc) is 2.96. The molecule has 0 aromatic heterocycles. The number of likely N-dealkylation sites (tertiary alicyclic amines) is 1. The molecule has 2 saturated heterocycles. The zero-order chi connectivity index (χ0) is 14.6. The summed E-state index contributed by atoms with van der Waals surface area (Å²) < 4.78 is 0. The van der Waals surface area contributed by atoms with Gasteiger partial charge in [0.15, 0.2) is 0 Å². The van der Waals surface area contributed by atoms with Gasteiger partial charge in [-0.1, -0.05) is 20.3 Å². The van der Waals surface area contributed by atoms with Crippen LogP contribution in [0.25, 0.3) is 0 Å². The van der Waals surface area contributed by atoms with Crippen LogP contribution in [0.5, 0.6) is 0 Å². The third kappa shape index (κ3) is 3.17. The lowest BCUT2D eigenvalue weighted by molar-refractivity contribution is -0.140. The first kappa shape index (κ1) is 15.8. The summed E-state index contributed by atoms with van der Waals surface area (Å²) in [7, 11) is 2.02. The van der Waals surface area contributed by atoms with E-state index in [1.54, 1.807) is 0 Å². The molecule has 0 aromatic carbocycles. The molecule has 1 unspecified atom stereocenters. The van der Waals surface area contributed by atoms with Gasteiger partial charge in [0.25, 0.3) is 0 Å². The van der Waals surface area contributed by atoms with E-state index >= 15 is 0 Å². The molecule has 2 aliphatic rings. The molecule has 0 aliphatic carbocycles. The quantitative estimate of drug-likeness (QED) is 0.835. The van der Waals surface area contributed by atoms with Crippen LogP contribution in [0.1, 0.15) is 52.4 Å². The van der Waals surface area contributed by atoms with Gasteiger partial charge in [-0.25, -0.2) is 0 Å². The molecule has 4 heteroatoms. The first-order valence-corrected chi connectivity index (χ1v) is 8.37. The summed E-state index contributed by atoms with van der Waals surface area (Å²) in [5, 5.41) is 3.51. The largest absolute Gasteiger partial charge is 0.341 e. The molecule has 1 atom stereocenters.